The van der Waals surface area contributed by atoms with E-state index >= 15 is 0 Å². The summed E-state index contributed by atoms with van der Waals surface area (Å²) in [6.07, 6.45) is 16.9. The van der Waals surface area contributed by atoms with Crippen molar-refractivity contribution in [2.75, 3.05) is 17.2 Å². The van der Waals surface area contributed by atoms with E-state index in [0.717, 1.165) is 23.9 Å². The van der Waals surface area contributed by atoms with Crippen LogP contribution in [-0.4, -0.2) is 27.6 Å². The molecule has 52 heavy (non-hydrogen) atoms. The van der Waals surface area contributed by atoms with E-state index < -0.39 is 11.7 Å². The highest BCUT2D eigenvalue weighted by Crippen LogP contribution is 2.35. The number of halogens is 4. The maximum atomic E-state index is 13.7. The zero-order valence-electron chi connectivity index (χ0n) is 29.3. The monoisotopic (exact) mass is 790 g/mol. The Morgan fingerprint density at radius 1 is 0.769 bits per heavy atom. The molecule has 0 aliphatic rings. The zero-order chi connectivity index (χ0) is 37.3. The van der Waals surface area contributed by atoms with E-state index in [0.29, 0.717) is 28.7 Å². The number of phenols is 1. The number of benzene rings is 3. The molecule has 4 N–H and O–H groups in total. The summed E-state index contributed by atoms with van der Waals surface area (Å²) in [5.74, 6) is 0.160. The summed E-state index contributed by atoms with van der Waals surface area (Å²) < 4.78 is 6.52. The van der Waals surface area contributed by atoms with Crippen LogP contribution >= 0.6 is 46.4 Å². The van der Waals surface area contributed by atoms with Crippen LogP contribution in [-0.2, 0) is 4.74 Å². The molecule has 14 heteroatoms. The van der Waals surface area contributed by atoms with Crippen LogP contribution in [0.4, 0.5) is 33.4 Å². The molecule has 0 spiro atoms. The van der Waals surface area contributed by atoms with Crippen LogP contribution in [0, 0.1) is 0 Å². The molecule has 0 radical (unpaired) electrons. The summed E-state index contributed by atoms with van der Waals surface area (Å²) in [6, 6.07) is 13.7. The number of carbonyl (C=O) groups excluding carboxylic acids is 1. The molecule has 1 heterocycles. The number of carbonyl (C=O) groups is 1. The number of nitrogens with one attached hydrogen (secondary N) is 3. The van der Waals surface area contributed by atoms with Gasteiger partial charge in [-0.2, -0.15) is 5.11 Å². The molecule has 1 amide bonds. The van der Waals surface area contributed by atoms with E-state index in [-0.39, 0.29) is 38.0 Å². The lowest BCUT2D eigenvalue weighted by atomic mass is 10.0. The van der Waals surface area contributed by atoms with Gasteiger partial charge in [0.05, 0.1) is 33.0 Å². The van der Waals surface area contributed by atoms with Crippen LogP contribution in [0.1, 0.15) is 96.8 Å². The lowest BCUT2D eigenvalue weighted by molar-refractivity contribution is 0.159. The molecule has 1 aromatic heterocycles. The number of nitrogens with zero attached hydrogens (tertiary/aromatic N) is 3. The van der Waals surface area contributed by atoms with Gasteiger partial charge in [0.25, 0.3) is 0 Å². The highest BCUT2D eigenvalue weighted by atomic mass is 35.5. The first kappa shape index (κ1) is 41.1. The van der Waals surface area contributed by atoms with E-state index in [1.807, 2.05) is 0 Å². The van der Waals surface area contributed by atoms with Crippen molar-refractivity contribution in [3.8, 4) is 11.4 Å². The molecule has 0 aliphatic heterocycles. The summed E-state index contributed by atoms with van der Waals surface area (Å²) in [6.45, 7) is 2.57. The van der Waals surface area contributed by atoms with Gasteiger partial charge >= 0.3 is 11.7 Å². The van der Waals surface area contributed by atoms with Crippen LogP contribution in [0.15, 0.2) is 69.6 Å². The lowest BCUT2D eigenvalue weighted by Crippen LogP contribution is -2.15. The van der Waals surface area contributed by atoms with Gasteiger partial charge in [-0.3, -0.25) is 15.2 Å². The van der Waals surface area contributed by atoms with Crippen molar-refractivity contribution in [3.05, 3.63) is 85.0 Å². The molecule has 0 bridgehead atoms. The van der Waals surface area contributed by atoms with Crippen LogP contribution in [0.3, 0.4) is 0 Å². The quantitative estimate of drug-likeness (QED) is 0.0492. The molecule has 0 saturated heterocycles. The minimum Gasteiger partial charge on any atom is -0.508 e. The van der Waals surface area contributed by atoms with Crippen molar-refractivity contribution in [3.63, 3.8) is 0 Å². The molecule has 4 aromatic rings. The van der Waals surface area contributed by atoms with Gasteiger partial charge in [-0.05, 0) is 61.0 Å². The molecule has 3 aromatic carbocycles. The minimum atomic E-state index is -0.631. The standard InChI is InChI=1S/C38H46Cl4N6O4/c1-2-3-4-5-6-7-8-9-10-11-12-13-14-15-22-52-38(51)43-28-18-21-30(40)33(25-28)44-36-34(46-45-27-16-19-29(49)20-17-27)37(50)48(47-36)35-31(41)23-26(39)24-32(35)42/h16-21,23-25,44,47,49H,2-15,22H2,1H3,(H,43,51). The van der Waals surface area contributed by atoms with Gasteiger partial charge in [0.2, 0.25) is 0 Å². The Hall–Kier alpha value is -3.70. The number of hydrogen-bond acceptors (Lipinski definition) is 7. The van der Waals surface area contributed by atoms with Crippen molar-refractivity contribution < 1.29 is 14.6 Å². The second-order valence-electron chi connectivity index (χ2n) is 12.6. The predicted octanol–water partition coefficient (Wildman–Crippen LogP) is 13.7. The molecule has 0 saturated carbocycles. The summed E-state index contributed by atoms with van der Waals surface area (Å²) in [5.41, 5.74) is 0.529. The number of amides is 1. The molecule has 0 aliphatic carbocycles. The molecule has 280 valence electrons. The maximum absolute atomic E-state index is 13.7. The fourth-order valence-corrected chi connectivity index (χ4v) is 6.74. The van der Waals surface area contributed by atoms with Gasteiger partial charge in [-0.15, -0.1) is 5.11 Å². The number of unbranched alkanes of at least 4 members (excludes halogenated alkanes) is 13. The number of ether oxygens (including phenoxy) is 1. The number of aromatic amines is 1. The molecular formula is C38H46Cl4N6O4. The fraction of sp³-hybridized carbons (Fsp3) is 0.421. The Labute approximate surface area is 324 Å². The number of phenolic OH excluding ortho intramolecular Hbond substituents is 1. The topological polar surface area (TPSA) is 133 Å². The summed E-state index contributed by atoms with van der Waals surface area (Å²) in [5, 5.41) is 27.5. The van der Waals surface area contributed by atoms with E-state index in [1.54, 1.807) is 18.2 Å². The Morgan fingerprint density at radius 2 is 1.35 bits per heavy atom. The van der Waals surface area contributed by atoms with Crippen LogP contribution in [0.5, 0.6) is 5.75 Å². The number of anilines is 3. The van der Waals surface area contributed by atoms with Gasteiger partial charge in [0.1, 0.15) is 11.4 Å². The Bertz CT molecular complexity index is 1800. The first-order valence-electron chi connectivity index (χ1n) is 17.9. The van der Waals surface area contributed by atoms with Crippen molar-refractivity contribution in [2.24, 2.45) is 10.2 Å². The van der Waals surface area contributed by atoms with Gasteiger partial charge < -0.3 is 15.2 Å². The van der Waals surface area contributed by atoms with Gasteiger partial charge in [-0.25, -0.2) is 9.48 Å². The van der Waals surface area contributed by atoms with Crippen LogP contribution in [0.2, 0.25) is 20.1 Å². The van der Waals surface area contributed by atoms with Crippen LogP contribution < -0.4 is 16.2 Å². The van der Waals surface area contributed by atoms with Crippen molar-refractivity contribution in [2.45, 2.75) is 96.8 Å². The zero-order valence-corrected chi connectivity index (χ0v) is 32.4. The highest BCUT2D eigenvalue weighted by Gasteiger charge is 2.21. The molecule has 4 rings (SSSR count). The Morgan fingerprint density at radius 3 is 1.94 bits per heavy atom. The van der Waals surface area contributed by atoms with Gasteiger partial charge in [-0.1, -0.05) is 137 Å². The van der Waals surface area contributed by atoms with Crippen molar-refractivity contribution in [1.82, 2.24) is 9.78 Å². The van der Waals surface area contributed by atoms with E-state index in [4.69, 9.17) is 51.1 Å². The lowest BCUT2D eigenvalue weighted by Gasteiger charge is -2.12. The number of hydrogen-bond donors (Lipinski definition) is 4. The smallest absolute Gasteiger partial charge is 0.411 e. The second kappa shape index (κ2) is 21.7. The Balaban J connectivity index is 1.32. The average Bonchev–Trinajstić information content (AvgIpc) is 3.40. The van der Waals surface area contributed by atoms with Crippen LogP contribution in [0.25, 0.3) is 5.69 Å². The molecule has 0 fully saturated rings. The summed E-state index contributed by atoms with van der Waals surface area (Å²) in [7, 11) is 0. The first-order valence-corrected chi connectivity index (χ1v) is 19.4. The summed E-state index contributed by atoms with van der Waals surface area (Å²) >= 11 is 25.5. The highest BCUT2D eigenvalue weighted by molar-refractivity contribution is 6.40. The predicted molar refractivity (Wildman–Crippen MR) is 214 cm³/mol. The van der Waals surface area contributed by atoms with E-state index in [2.05, 4.69) is 32.9 Å². The third kappa shape index (κ3) is 13.1. The van der Waals surface area contributed by atoms with Crippen molar-refractivity contribution >= 4 is 81.1 Å². The third-order valence-corrected chi connectivity index (χ3v) is 9.51. The van der Waals surface area contributed by atoms with E-state index in [1.165, 1.54) is 107 Å². The van der Waals surface area contributed by atoms with Gasteiger partial charge in [0.15, 0.2) is 11.5 Å². The molecule has 0 atom stereocenters. The fourth-order valence-electron chi connectivity index (χ4n) is 5.59. The number of aromatic hydroxyl groups is 1. The number of H-pyrrole nitrogens is 1. The SMILES string of the molecule is CCCCCCCCCCCCCCCCOC(=O)Nc1ccc(Cl)c(Nc2[nH]n(-c3c(Cl)cc(Cl)cc3Cl)c(=O)c2N=Nc2ccc(O)cc2)c1. The van der Waals surface area contributed by atoms with E-state index in [9.17, 15) is 14.7 Å². The number of azo groups is 1. The largest absolute Gasteiger partial charge is 0.508 e. The minimum absolute atomic E-state index is 0.0548. The van der Waals surface area contributed by atoms with Gasteiger partial charge in [0, 0.05) is 10.7 Å². The first-order chi connectivity index (χ1) is 25.2. The molecule has 10 nitrogen and oxygen atoms in total. The normalized spacial score (nSPS) is 11.3. The second-order valence-corrected chi connectivity index (χ2v) is 14.2. The summed E-state index contributed by atoms with van der Waals surface area (Å²) in [4.78, 5) is 26.2. The average molecular weight is 793 g/mol. The molecule has 0 unspecified atom stereocenters. The third-order valence-electron chi connectivity index (χ3n) is 8.39. The van der Waals surface area contributed by atoms with Crippen molar-refractivity contribution in [1.29, 1.82) is 0 Å². The number of rotatable bonds is 21. The maximum Gasteiger partial charge on any atom is 0.411 e. The Kier molecular flexibility index (Phi) is 17.2. The molecular weight excluding hydrogens is 746 g/mol. The number of aromatic nitrogens is 2.